The first-order valence-electron chi connectivity index (χ1n) is 5.62. The summed E-state index contributed by atoms with van der Waals surface area (Å²) in [6.07, 6.45) is 2.33. The molecule has 1 aliphatic rings. The number of aryl methyl sites for hydroxylation is 1. The molecule has 0 bridgehead atoms. The van der Waals surface area contributed by atoms with Gasteiger partial charge in [-0.2, -0.15) is 0 Å². The van der Waals surface area contributed by atoms with E-state index in [-0.39, 0.29) is 5.82 Å². The summed E-state index contributed by atoms with van der Waals surface area (Å²) in [5, 5.41) is 0.908. The first kappa shape index (κ1) is 9.85. The van der Waals surface area contributed by atoms with Gasteiger partial charge in [0.1, 0.15) is 5.76 Å². The van der Waals surface area contributed by atoms with Crippen molar-refractivity contribution in [2.45, 2.75) is 32.2 Å². The Balaban J connectivity index is 2.34. The van der Waals surface area contributed by atoms with Gasteiger partial charge < -0.3 is 10.2 Å². The fourth-order valence-corrected chi connectivity index (χ4v) is 2.27. The van der Waals surface area contributed by atoms with Crippen LogP contribution in [0.5, 0.6) is 0 Å². The number of benzene rings is 1. The minimum atomic E-state index is -0.251. The van der Waals surface area contributed by atoms with Crippen molar-refractivity contribution in [3.8, 4) is 0 Å². The maximum Gasteiger partial charge on any atom is 0.170 e. The summed E-state index contributed by atoms with van der Waals surface area (Å²) in [4.78, 5) is 0. The van der Waals surface area contributed by atoms with E-state index in [1.54, 1.807) is 13.0 Å². The Labute approximate surface area is 93.2 Å². The largest absolute Gasteiger partial charge is 0.456 e. The van der Waals surface area contributed by atoms with Gasteiger partial charge in [0.25, 0.3) is 0 Å². The van der Waals surface area contributed by atoms with Crippen LogP contribution in [0.2, 0.25) is 0 Å². The van der Waals surface area contributed by atoms with Crippen molar-refractivity contribution in [2.24, 2.45) is 5.73 Å². The highest BCUT2D eigenvalue weighted by Gasteiger charge is 2.31. The summed E-state index contributed by atoms with van der Waals surface area (Å²) in [6, 6.07) is 3.75. The molecule has 0 atom stereocenters. The maximum atomic E-state index is 13.9. The van der Waals surface area contributed by atoms with Crippen LogP contribution < -0.4 is 5.73 Å². The number of nitrogens with two attached hydrogens (primary N) is 1. The minimum absolute atomic E-state index is 0.251. The molecule has 1 heterocycles. The molecular weight excluding hydrogens is 205 g/mol. The van der Waals surface area contributed by atoms with E-state index in [0.29, 0.717) is 23.6 Å². The lowest BCUT2D eigenvalue weighted by Crippen LogP contribution is -1.97. The van der Waals surface area contributed by atoms with Gasteiger partial charge in [0, 0.05) is 10.9 Å². The van der Waals surface area contributed by atoms with E-state index in [9.17, 15) is 4.39 Å². The van der Waals surface area contributed by atoms with Gasteiger partial charge in [-0.05, 0) is 31.2 Å². The maximum absolute atomic E-state index is 13.9. The molecule has 1 aliphatic carbocycles. The smallest absolute Gasteiger partial charge is 0.170 e. The predicted octanol–water partition coefficient (Wildman–Crippen LogP) is 3.22. The molecule has 0 saturated heterocycles. The van der Waals surface area contributed by atoms with Gasteiger partial charge in [-0.15, -0.1) is 0 Å². The van der Waals surface area contributed by atoms with Gasteiger partial charge >= 0.3 is 0 Å². The van der Waals surface area contributed by atoms with E-state index in [0.717, 1.165) is 29.6 Å². The lowest BCUT2D eigenvalue weighted by atomic mass is 10.0. The summed E-state index contributed by atoms with van der Waals surface area (Å²) in [5.74, 6) is 1.03. The molecule has 1 aromatic carbocycles. The number of furan rings is 1. The first-order valence-corrected chi connectivity index (χ1v) is 5.62. The third-order valence-electron chi connectivity index (χ3n) is 3.28. The Morgan fingerprint density at radius 3 is 2.81 bits per heavy atom. The minimum Gasteiger partial charge on any atom is -0.456 e. The van der Waals surface area contributed by atoms with E-state index >= 15 is 0 Å². The van der Waals surface area contributed by atoms with Gasteiger partial charge in [0.05, 0.1) is 6.54 Å². The Bertz CT molecular complexity index is 555. The molecule has 1 saturated carbocycles. The monoisotopic (exact) mass is 219 g/mol. The topological polar surface area (TPSA) is 39.2 Å². The first-order chi connectivity index (χ1) is 7.72. The molecule has 0 radical (unpaired) electrons. The van der Waals surface area contributed by atoms with Crippen LogP contribution in [0.4, 0.5) is 4.39 Å². The van der Waals surface area contributed by atoms with E-state index in [1.807, 2.05) is 6.07 Å². The zero-order valence-corrected chi connectivity index (χ0v) is 9.22. The second kappa shape index (κ2) is 3.32. The van der Waals surface area contributed by atoms with Crippen LogP contribution in [0.25, 0.3) is 11.0 Å². The molecule has 2 aromatic rings. The van der Waals surface area contributed by atoms with Gasteiger partial charge in [-0.25, -0.2) is 4.39 Å². The molecule has 16 heavy (non-hydrogen) atoms. The fourth-order valence-electron chi connectivity index (χ4n) is 2.27. The number of hydrogen-bond acceptors (Lipinski definition) is 2. The molecule has 0 spiro atoms. The SMILES string of the molecule is Cc1ccc2c(C3CC3)c(CN)oc2c1F. The quantitative estimate of drug-likeness (QED) is 0.842. The van der Waals surface area contributed by atoms with Crippen molar-refractivity contribution < 1.29 is 8.81 Å². The molecule has 2 nitrogen and oxygen atoms in total. The van der Waals surface area contributed by atoms with Gasteiger partial charge in [0.15, 0.2) is 11.4 Å². The van der Waals surface area contributed by atoms with Crippen LogP contribution in [-0.2, 0) is 6.54 Å². The Morgan fingerprint density at radius 1 is 1.44 bits per heavy atom. The lowest BCUT2D eigenvalue weighted by molar-refractivity contribution is 0.515. The zero-order chi connectivity index (χ0) is 11.3. The molecule has 2 N–H and O–H groups in total. The summed E-state index contributed by atoms with van der Waals surface area (Å²) < 4.78 is 19.4. The third kappa shape index (κ3) is 1.28. The van der Waals surface area contributed by atoms with E-state index in [1.165, 1.54) is 0 Å². The second-order valence-electron chi connectivity index (χ2n) is 4.49. The highest BCUT2D eigenvalue weighted by molar-refractivity contribution is 5.84. The van der Waals surface area contributed by atoms with Crippen molar-refractivity contribution in [2.75, 3.05) is 0 Å². The molecule has 84 valence electrons. The van der Waals surface area contributed by atoms with Gasteiger partial charge in [-0.1, -0.05) is 12.1 Å². The molecule has 0 amide bonds. The zero-order valence-electron chi connectivity index (χ0n) is 9.22. The molecule has 1 aromatic heterocycles. The van der Waals surface area contributed by atoms with Crippen molar-refractivity contribution in [1.29, 1.82) is 0 Å². The van der Waals surface area contributed by atoms with E-state index < -0.39 is 0 Å². The third-order valence-corrected chi connectivity index (χ3v) is 3.28. The highest BCUT2D eigenvalue weighted by atomic mass is 19.1. The van der Waals surface area contributed by atoms with Crippen molar-refractivity contribution in [3.05, 3.63) is 34.8 Å². The number of halogens is 1. The van der Waals surface area contributed by atoms with Crippen LogP contribution in [-0.4, -0.2) is 0 Å². The van der Waals surface area contributed by atoms with Crippen molar-refractivity contribution >= 4 is 11.0 Å². The van der Waals surface area contributed by atoms with Crippen LogP contribution >= 0.6 is 0 Å². The summed E-state index contributed by atoms with van der Waals surface area (Å²) in [6.45, 7) is 2.09. The van der Waals surface area contributed by atoms with E-state index in [2.05, 4.69) is 0 Å². The molecule has 3 heteroatoms. The normalized spacial score (nSPS) is 15.9. The molecule has 0 unspecified atom stereocenters. The van der Waals surface area contributed by atoms with Crippen LogP contribution in [0, 0.1) is 12.7 Å². The van der Waals surface area contributed by atoms with Crippen molar-refractivity contribution in [3.63, 3.8) is 0 Å². The summed E-state index contributed by atoms with van der Waals surface area (Å²) in [7, 11) is 0. The highest BCUT2D eigenvalue weighted by Crippen LogP contribution is 2.46. The summed E-state index contributed by atoms with van der Waals surface area (Å²) >= 11 is 0. The Hall–Kier alpha value is -1.35. The van der Waals surface area contributed by atoms with Crippen LogP contribution in [0.15, 0.2) is 16.5 Å². The summed E-state index contributed by atoms with van der Waals surface area (Å²) in [5.41, 5.74) is 7.78. The number of rotatable bonds is 2. The van der Waals surface area contributed by atoms with Crippen LogP contribution in [0.1, 0.15) is 35.6 Å². The standard InChI is InChI=1S/C13H14FNO/c1-7-2-5-9-11(8-3-4-8)10(6-15)16-13(9)12(7)14/h2,5,8H,3-4,6,15H2,1H3. The van der Waals surface area contributed by atoms with Gasteiger partial charge in [-0.3, -0.25) is 0 Å². The van der Waals surface area contributed by atoms with E-state index in [4.69, 9.17) is 10.2 Å². The molecule has 1 fully saturated rings. The molecule has 0 aliphatic heterocycles. The van der Waals surface area contributed by atoms with Gasteiger partial charge in [0.2, 0.25) is 0 Å². The lowest BCUT2D eigenvalue weighted by Gasteiger charge is -1.98. The second-order valence-corrected chi connectivity index (χ2v) is 4.49. The average molecular weight is 219 g/mol. The van der Waals surface area contributed by atoms with Crippen molar-refractivity contribution in [1.82, 2.24) is 0 Å². The Kier molecular flexibility index (Phi) is 2.04. The number of fused-ring (bicyclic) bond motifs is 1. The van der Waals surface area contributed by atoms with Crippen LogP contribution in [0.3, 0.4) is 0 Å². The Morgan fingerprint density at radius 2 is 2.19 bits per heavy atom. The molecular formula is C13H14FNO. The fraction of sp³-hybridized carbons (Fsp3) is 0.385. The predicted molar refractivity (Wildman–Crippen MR) is 60.8 cm³/mol. The molecule has 3 rings (SSSR count). The average Bonchev–Trinajstić information content (AvgIpc) is 3.04. The number of hydrogen-bond donors (Lipinski definition) is 1.